The van der Waals surface area contributed by atoms with Gasteiger partial charge < -0.3 is 9.84 Å². The maximum absolute atomic E-state index is 12.3. The second kappa shape index (κ2) is 5.94. The second-order valence-corrected chi connectivity index (χ2v) is 6.51. The molecule has 6 heteroatoms. The fourth-order valence-corrected chi connectivity index (χ4v) is 3.68. The summed E-state index contributed by atoms with van der Waals surface area (Å²) in [6.07, 6.45) is 4.53. The van der Waals surface area contributed by atoms with Crippen molar-refractivity contribution < 1.29 is 19.4 Å². The zero-order chi connectivity index (χ0) is 15.9. The minimum atomic E-state index is -0.937. The van der Waals surface area contributed by atoms with Crippen molar-refractivity contribution in [2.45, 2.75) is 13.0 Å². The maximum atomic E-state index is 12.3. The third-order valence-electron chi connectivity index (χ3n) is 4.38. The molecule has 0 aromatic heterocycles. The van der Waals surface area contributed by atoms with Gasteiger partial charge in [-0.25, -0.2) is 0 Å². The van der Waals surface area contributed by atoms with E-state index in [0.29, 0.717) is 22.0 Å². The van der Waals surface area contributed by atoms with Gasteiger partial charge >= 0.3 is 11.9 Å². The van der Waals surface area contributed by atoms with Gasteiger partial charge in [0.2, 0.25) is 0 Å². The molecule has 4 unspecified atom stereocenters. The van der Waals surface area contributed by atoms with Gasteiger partial charge in [-0.2, -0.15) is 0 Å². The number of hydrogen-bond acceptors (Lipinski definition) is 3. The zero-order valence-electron chi connectivity index (χ0n) is 11.5. The highest BCUT2D eigenvalue weighted by Gasteiger charge is 2.52. The van der Waals surface area contributed by atoms with Crippen molar-refractivity contribution in [3.63, 3.8) is 0 Å². The van der Waals surface area contributed by atoms with Crippen LogP contribution in [0.15, 0.2) is 30.4 Å². The Morgan fingerprint density at radius 1 is 1.14 bits per heavy atom. The lowest BCUT2D eigenvalue weighted by Gasteiger charge is -2.23. The molecule has 2 aliphatic rings. The highest BCUT2D eigenvalue weighted by atomic mass is 35.5. The molecule has 0 radical (unpaired) electrons. The van der Waals surface area contributed by atoms with E-state index in [-0.39, 0.29) is 18.4 Å². The molecule has 0 spiro atoms. The smallest absolute Gasteiger partial charge is 0.310 e. The Balaban J connectivity index is 1.68. The number of carbonyl (C=O) groups is 2. The van der Waals surface area contributed by atoms with Crippen LogP contribution in [0.4, 0.5) is 0 Å². The Hall–Kier alpha value is -1.52. The Bertz CT molecular complexity index is 656. The summed E-state index contributed by atoms with van der Waals surface area (Å²) in [6.45, 7) is 0.0552. The van der Waals surface area contributed by atoms with E-state index in [1.165, 1.54) is 0 Å². The summed E-state index contributed by atoms with van der Waals surface area (Å²) in [4.78, 5) is 23.7. The molecule has 4 atom stereocenters. The van der Waals surface area contributed by atoms with Crippen LogP contribution in [0.1, 0.15) is 12.0 Å². The van der Waals surface area contributed by atoms with Crippen LogP contribution in [0.5, 0.6) is 0 Å². The second-order valence-electron chi connectivity index (χ2n) is 5.69. The topological polar surface area (TPSA) is 63.6 Å². The van der Waals surface area contributed by atoms with Crippen molar-refractivity contribution in [2.24, 2.45) is 23.7 Å². The average molecular weight is 341 g/mol. The van der Waals surface area contributed by atoms with E-state index < -0.39 is 23.8 Å². The molecule has 2 aliphatic carbocycles. The number of aliphatic carboxylic acids is 1. The number of benzene rings is 1. The van der Waals surface area contributed by atoms with Gasteiger partial charge in [0, 0.05) is 0 Å². The number of rotatable bonds is 4. The van der Waals surface area contributed by atoms with Crippen LogP contribution in [-0.2, 0) is 20.9 Å². The Labute approximate surface area is 137 Å². The molecule has 2 bridgehead atoms. The maximum Gasteiger partial charge on any atom is 0.310 e. The van der Waals surface area contributed by atoms with Crippen LogP contribution in [0.25, 0.3) is 0 Å². The molecule has 1 N–H and O–H groups in total. The number of carbonyl (C=O) groups excluding carboxylic acids is 1. The Morgan fingerprint density at radius 2 is 1.82 bits per heavy atom. The fourth-order valence-electron chi connectivity index (χ4n) is 3.36. The van der Waals surface area contributed by atoms with Crippen LogP contribution < -0.4 is 0 Å². The first-order chi connectivity index (χ1) is 10.5. The third kappa shape index (κ3) is 2.73. The van der Waals surface area contributed by atoms with E-state index in [4.69, 9.17) is 27.9 Å². The van der Waals surface area contributed by atoms with Crippen LogP contribution >= 0.6 is 23.2 Å². The van der Waals surface area contributed by atoms with Crippen molar-refractivity contribution >= 4 is 35.1 Å². The number of hydrogen-bond donors (Lipinski definition) is 1. The van der Waals surface area contributed by atoms with Gasteiger partial charge in [0.25, 0.3) is 0 Å². The number of allylic oxidation sites excluding steroid dienone is 2. The van der Waals surface area contributed by atoms with E-state index in [1.807, 2.05) is 12.2 Å². The number of carboxylic acid groups (broad SMARTS) is 1. The van der Waals surface area contributed by atoms with E-state index >= 15 is 0 Å². The first-order valence-corrected chi connectivity index (χ1v) is 7.74. The quantitative estimate of drug-likeness (QED) is 0.672. The lowest BCUT2D eigenvalue weighted by molar-refractivity contribution is -0.159. The summed E-state index contributed by atoms with van der Waals surface area (Å²) in [6, 6.07) is 4.98. The molecule has 1 fully saturated rings. The van der Waals surface area contributed by atoms with Crippen LogP contribution in [0.2, 0.25) is 10.0 Å². The van der Waals surface area contributed by atoms with Crippen molar-refractivity contribution in [3.05, 3.63) is 46.0 Å². The third-order valence-corrected chi connectivity index (χ3v) is 5.12. The first kappa shape index (κ1) is 15.4. The largest absolute Gasteiger partial charge is 0.481 e. The van der Waals surface area contributed by atoms with Gasteiger partial charge in [-0.15, -0.1) is 0 Å². The normalized spacial score (nSPS) is 28.8. The van der Waals surface area contributed by atoms with Gasteiger partial charge in [-0.05, 0) is 36.0 Å². The summed E-state index contributed by atoms with van der Waals surface area (Å²) < 4.78 is 5.30. The molecule has 0 amide bonds. The van der Waals surface area contributed by atoms with Gasteiger partial charge in [0.1, 0.15) is 6.61 Å². The zero-order valence-corrected chi connectivity index (χ0v) is 13.1. The summed E-state index contributed by atoms with van der Waals surface area (Å²) >= 11 is 11.7. The van der Waals surface area contributed by atoms with Gasteiger partial charge in [0.15, 0.2) is 0 Å². The first-order valence-electron chi connectivity index (χ1n) is 6.99. The van der Waals surface area contributed by atoms with Crippen molar-refractivity contribution in [2.75, 3.05) is 0 Å². The molecule has 0 saturated heterocycles. The molecule has 1 aromatic carbocycles. The molecule has 0 aliphatic heterocycles. The van der Waals surface area contributed by atoms with E-state index in [1.54, 1.807) is 18.2 Å². The van der Waals surface area contributed by atoms with Crippen molar-refractivity contribution in [3.8, 4) is 0 Å². The number of fused-ring (bicyclic) bond motifs is 2. The molecule has 1 saturated carbocycles. The number of halogens is 2. The Kier molecular flexibility index (Phi) is 4.15. The fraction of sp³-hybridized carbons (Fsp3) is 0.375. The lowest BCUT2D eigenvalue weighted by atomic mass is 9.83. The van der Waals surface area contributed by atoms with Crippen molar-refractivity contribution in [1.82, 2.24) is 0 Å². The minimum Gasteiger partial charge on any atom is -0.481 e. The summed E-state index contributed by atoms with van der Waals surface area (Å²) in [5.74, 6) is -2.78. The molecular weight excluding hydrogens is 327 g/mol. The standard InChI is InChI=1S/C16H14Cl2O4/c17-11-4-1-8(5-12(11)18)7-22-16(21)14-10-3-2-9(6-10)13(14)15(19)20/h1-5,9-10,13-14H,6-7H2,(H,19,20). The minimum absolute atomic E-state index is 0.0348. The molecule has 0 heterocycles. The monoisotopic (exact) mass is 340 g/mol. The van der Waals surface area contributed by atoms with Gasteiger partial charge in [-0.3, -0.25) is 9.59 Å². The predicted molar refractivity (Wildman–Crippen MR) is 81.6 cm³/mol. The number of carboxylic acids is 1. The number of esters is 1. The Morgan fingerprint density at radius 3 is 2.45 bits per heavy atom. The molecule has 3 rings (SSSR count). The average Bonchev–Trinajstić information content (AvgIpc) is 3.08. The highest BCUT2D eigenvalue weighted by Crippen LogP contribution is 2.48. The van der Waals surface area contributed by atoms with Crippen LogP contribution in [0, 0.1) is 23.7 Å². The molecular formula is C16H14Cl2O4. The van der Waals surface area contributed by atoms with Crippen LogP contribution in [-0.4, -0.2) is 17.0 Å². The molecule has 4 nitrogen and oxygen atoms in total. The SMILES string of the molecule is O=C(O)C1C2C=CC(C2)C1C(=O)OCc1ccc(Cl)c(Cl)c1. The summed E-state index contributed by atoms with van der Waals surface area (Å²) in [5, 5.41) is 10.2. The lowest BCUT2D eigenvalue weighted by Crippen LogP contribution is -2.34. The van der Waals surface area contributed by atoms with Crippen molar-refractivity contribution in [1.29, 1.82) is 0 Å². The summed E-state index contributed by atoms with van der Waals surface area (Å²) in [5.41, 5.74) is 0.716. The van der Waals surface area contributed by atoms with Gasteiger partial charge in [0.05, 0.1) is 21.9 Å². The summed E-state index contributed by atoms with van der Waals surface area (Å²) in [7, 11) is 0. The highest BCUT2D eigenvalue weighted by molar-refractivity contribution is 6.42. The van der Waals surface area contributed by atoms with Gasteiger partial charge in [-0.1, -0.05) is 41.4 Å². The molecule has 116 valence electrons. The van der Waals surface area contributed by atoms with Crippen LogP contribution in [0.3, 0.4) is 0 Å². The van der Waals surface area contributed by atoms with E-state index in [2.05, 4.69) is 0 Å². The predicted octanol–water partition coefficient (Wildman–Crippen LogP) is 3.56. The van der Waals surface area contributed by atoms with E-state index in [0.717, 1.165) is 0 Å². The number of ether oxygens (including phenoxy) is 1. The molecule has 22 heavy (non-hydrogen) atoms. The van der Waals surface area contributed by atoms with E-state index in [9.17, 15) is 14.7 Å². The molecule has 1 aromatic rings.